The van der Waals surface area contributed by atoms with E-state index in [4.69, 9.17) is 9.78 Å². The Kier molecular flexibility index (Phi) is 2.00. The zero-order valence-electron chi connectivity index (χ0n) is 7.95. The molecule has 1 aliphatic carbocycles. The summed E-state index contributed by atoms with van der Waals surface area (Å²) >= 11 is 0. The lowest BCUT2D eigenvalue weighted by atomic mass is 9.77. The monoisotopic (exact) mass is 182 g/mol. The highest BCUT2D eigenvalue weighted by Gasteiger charge is 2.44. The van der Waals surface area contributed by atoms with E-state index in [1.807, 2.05) is 6.92 Å². The van der Waals surface area contributed by atoms with Crippen molar-refractivity contribution >= 4 is 6.29 Å². The first-order chi connectivity index (χ1) is 6.15. The largest absolute Gasteiger partial charge is 0.300 e. The SMILES string of the molecule is CC1=CC[C@H]2C[C@@H]1OO[C@@]2(C)C=O. The van der Waals surface area contributed by atoms with Crippen molar-refractivity contribution in [2.45, 2.75) is 38.4 Å². The lowest BCUT2D eigenvalue weighted by molar-refractivity contribution is -0.399. The normalized spacial score (nSPS) is 44.0. The number of rotatable bonds is 1. The molecule has 2 bridgehead atoms. The zero-order chi connectivity index (χ0) is 9.47. The van der Waals surface area contributed by atoms with Crippen molar-refractivity contribution in [1.29, 1.82) is 0 Å². The minimum atomic E-state index is -0.742. The third kappa shape index (κ3) is 1.32. The lowest BCUT2D eigenvalue weighted by Gasteiger charge is -2.41. The minimum Gasteiger partial charge on any atom is -0.300 e. The van der Waals surface area contributed by atoms with Gasteiger partial charge in [0.2, 0.25) is 0 Å². The molecule has 1 saturated heterocycles. The van der Waals surface area contributed by atoms with Crippen molar-refractivity contribution < 1.29 is 14.6 Å². The highest BCUT2D eigenvalue weighted by molar-refractivity contribution is 5.62. The van der Waals surface area contributed by atoms with Crippen LogP contribution in [-0.2, 0) is 14.6 Å². The van der Waals surface area contributed by atoms with Crippen LogP contribution in [0.2, 0.25) is 0 Å². The minimum absolute atomic E-state index is 0.0618. The van der Waals surface area contributed by atoms with Gasteiger partial charge in [0.15, 0.2) is 11.9 Å². The maximum absolute atomic E-state index is 10.8. The van der Waals surface area contributed by atoms with Gasteiger partial charge in [0, 0.05) is 5.92 Å². The molecule has 2 rings (SSSR count). The van der Waals surface area contributed by atoms with Crippen LogP contribution in [0.25, 0.3) is 0 Å². The molecule has 13 heavy (non-hydrogen) atoms. The van der Waals surface area contributed by atoms with Crippen molar-refractivity contribution in [1.82, 2.24) is 0 Å². The van der Waals surface area contributed by atoms with Crippen LogP contribution in [0.1, 0.15) is 26.7 Å². The number of allylic oxidation sites excluding steroid dienone is 1. The molecule has 0 amide bonds. The molecule has 1 aliphatic heterocycles. The Morgan fingerprint density at radius 1 is 1.69 bits per heavy atom. The molecular weight excluding hydrogens is 168 g/mol. The molecule has 0 aromatic heterocycles. The molecule has 0 N–H and O–H groups in total. The number of aldehydes is 1. The average Bonchev–Trinajstić information content (AvgIpc) is 2.16. The number of carbonyl (C=O) groups is 1. The Bertz CT molecular complexity index is 259. The molecule has 0 unspecified atom stereocenters. The quantitative estimate of drug-likeness (QED) is 0.351. The molecule has 2 aliphatic rings. The maximum Gasteiger partial charge on any atom is 0.159 e. The van der Waals surface area contributed by atoms with Gasteiger partial charge >= 0.3 is 0 Å². The van der Waals surface area contributed by atoms with Crippen LogP contribution < -0.4 is 0 Å². The van der Waals surface area contributed by atoms with Crippen LogP contribution in [0.5, 0.6) is 0 Å². The van der Waals surface area contributed by atoms with Crippen LogP contribution in [0.4, 0.5) is 0 Å². The van der Waals surface area contributed by atoms with E-state index in [1.54, 1.807) is 6.92 Å². The van der Waals surface area contributed by atoms with E-state index in [0.29, 0.717) is 0 Å². The molecule has 3 atom stereocenters. The van der Waals surface area contributed by atoms with E-state index in [2.05, 4.69) is 6.08 Å². The first-order valence-electron chi connectivity index (χ1n) is 4.63. The first-order valence-corrected chi connectivity index (χ1v) is 4.63. The molecule has 0 saturated carbocycles. The fourth-order valence-electron chi connectivity index (χ4n) is 1.93. The fraction of sp³-hybridized carbons (Fsp3) is 0.700. The van der Waals surface area contributed by atoms with Crippen LogP contribution in [0.15, 0.2) is 11.6 Å². The van der Waals surface area contributed by atoms with Crippen molar-refractivity contribution in [2.75, 3.05) is 0 Å². The summed E-state index contributed by atoms with van der Waals surface area (Å²) in [6, 6.07) is 0. The van der Waals surface area contributed by atoms with E-state index in [0.717, 1.165) is 19.1 Å². The van der Waals surface area contributed by atoms with Gasteiger partial charge in [0.1, 0.15) is 6.10 Å². The molecule has 0 aromatic rings. The van der Waals surface area contributed by atoms with E-state index in [-0.39, 0.29) is 12.0 Å². The summed E-state index contributed by atoms with van der Waals surface area (Å²) in [5.74, 6) is 0.271. The molecular formula is C10H14O3. The molecule has 0 spiro atoms. The molecule has 0 aromatic carbocycles. The Morgan fingerprint density at radius 3 is 3.15 bits per heavy atom. The number of fused-ring (bicyclic) bond motifs is 2. The van der Waals surface area contributed by atoms with Crippen molar-refractivity contribution in [3.05, 3.63) is 11.6 Å². The topological polar surface area (TPSA) is 35.5 Å². The van der Waals surface area contributed by atoms with E-state index in [1.165, 1.54) is 5.57 Å². The van der Waals surface area contributed by atoms with Gasteiger partial charge in [0.25, 0.3) is 0 Å². The third-order valence-corrected chi connectivity index (χ3v) is 3.12. The smallest absolute Gasteiger partial charge is 0.159 e. The summed E-state index contributed by atoms with van der Waals surface area (Å²) < 4.78 is 0. The molecule has 1 heterocycles. The first kappa shape index (κ1) is 8.91. The number of hydrogen-bond acceptors (Lipinski definition) is 3. The van der Waals surface area contributed by atoms with Gasteiger partial charge in [-0.05, 0) is 32.3 Å². The van der Waals surface area contributed by atoms with Gasteiger partial charge in [0.05, 0.1) is 0 Å². The van der Waals surface area contributed by atoms with Crippen LogP contribution in [0.3, 0.4) is 0 Å². The Morgan fingerprint density at radius 2 is 2.46 bits per heavy atom. The second-order valence-corrected chi connectivity index (χ2v) is 4.09. The molecule has 3 nitrogen and oxygen atoms in total. The zero-order valence-corrected chi connectivity index (χ0v) is 7.95. The number of hydrogen-bond donors (Lipinski definition) is 0. The average molecular weight is 182 g/mol. The Labute approximate surface area is 77.6 Å². The highest BCUT2D eigenvalue weighted by Crippen LogP contribution is 2.39. The van der Waals surface area contributed by atoms with Crippen molar-refractivity contribution in [3.8, 4) is 0 Å². The van der Waals surface area contributed by atoms with Crippen LogP contribution in [-0.4, -0.2) is 18.0 Å². The van der Waals surface area contributed by atoms with Gasteiger partial charge in [-0.15, -0.1) is 0 Å². The van der Waals surface area contributed by atoms with E-state index >= 15 is 0 Å². The number of carbonyl (C=O) groups excluding carboxylic acids is 1. The van der Waals surface area contributed by atoms with Gasteiger partial charge in [-0.1, -0.05) is 6.08 Å². The molecule has 0 radical (unpaired) electrons. The third-order valence-electron chi connectivity index (χ3n) is 3.12. The predicted molar refractivity (Wildman–Crippen MR) is 46.9 cm³/mol. The Hall–Kier alpha value is -0.670. The van der Waals surface area contributed by atoms with Gasteiger partial charge in [-0.25, -0.2) is 9.78 Å². The van der Waals surface area contributed by atoms with E-state index < -0.39 is 5.60 Å². The fourth-order valence-corrected chi connectivity index (χ4v) is 1.93. The summed E-state index contributed by atoms with van der Waals surface area (Å²) in [5, 5.41) is 0. The second kappa shape index (κ2) is 2.93. The van der Waals surface area contributed by atoms with Gasteiger partial charge in [-0.3, -0.25) is 4.79 Å². The van der Waals surface area contributed by atoms with Crippen molar-refractivity contribution in [2.24, 2.45) is 5.92 Å². The van der Waals surface area contributed by atoms with Crippen LogP contribution in [0, 0.1) is 5.92 Å². The summed E-state index contributed by atoms with van der Waals surface area (Å²) in [7, 11) is 0. The highest BCUT2D eigenvalue weighted by atomic mass is 17.2. The summed E-state index contributed by atoms with van der Waals surface area (Å²) in [6.07, 6.45) is 4.87. The summed E-state index contributed by atoms with van der Waals surface area (Å²) in [4.78, 5) is 21.1. The van der Waals surface area contributed by atoms with Crippen molar-refractivity contribution in [3.63, 3.8) is 0 Å². The lowest BCUT2D eigenvalue weighted by Crippen LogP contribution is -2.48. The molecule has 72 valence electrons. The van der Waals surface area contributed by atoms with Gasteiger partial charge in [-0.2, -0.15) is 0 Å². The van der Waals surface area contributed by atoms with Gasteiger partial charge < -0.3 is 0 Å². The summed E-state index contributed by atoms with van der Waals surface area (Å²) in [5.41, 5.74) is 0.470. The molecule has 1 fully saturated rings. The molecule has 3 heteroatoms. The van der Waals surface area contributed by atoms with Crippen LogP contribution >= 0.6 is 0 Å². The second-order valence-electron chi connectivity index (χ2n) is 4.09. The van der Waals surface area contributed by atoms with E-state index in [9.17, 15) is 4.79 Å². The standard InChI is InChI=1S/C10H14O3/c1-7-3-4-8-5-9(7)12-13-10(8,2)6-11/h3,6,8-9H,4-5H2,1-2H3/t8-,9-,10-/m0/s1. The predicted octanol–water partition coefficient (Wildman–Crippen LogP) is 1.63. The Balaban J connectivity index is 2.23. The maximum atomic E-state index is 10.8. The summed E-state index contributed by atoms with van der Waals surface area (Å²) in [6.45, 7) is 3.82.